The molecule has 1 saturated heterocycles. The highest BCUT2D eigenvalue weighted by molar-refractivity contribution is 7.89. The molecule has 1 fully saturated rings. The molecular formula is C35H39N3O4S. The predicted octanol–water partition coefficient (Wildman–Crippen LogP) is 6.23. The number of ether oxygens (including phenoxy) is 1. The zero-order chi connectivity index (χ0) is 30.4. The smallest absolute Gasteiger partial charge is 0.262 e. The van der Waals surface area contributed by atoms with Crippen molar-refractivity contribution >= 4 is 21.6 Å². The second-order valence-electron chi connectivity index (χ2n) is 11.2. The summed E-state index contributed by atoms with van der Waals surface area (Å²) in [5, 5.41) is 2.80. The minimum atomic E-state index is -3.68. The third-order valence-corrected chi connectivity index (χ3v) is 9.71. The van der Waals surface area contributed by atoms with Gasteiger partial charge in [-0.25, -0.2) is 8.42 Å². The number of piperazine rings is 1. The molecule has 1 amide bonds. The molecule has 5 rings (SSSR count). The number of sulfonamides is 1. The van der Waals surface area contributed by atoms with Crippen LogP contribution >= 0.6 is 0 Å². The van der Waals surface area contributed by atoms with Crippen LogP contribution in [-0.2, 0) is 14.8 Å². The normalized spacial score (nSPS) is 14.6. The van der Waals surface area contributed by atoms with E-state index in [1.165, 1.54) is 11.1 Å². The van der Waals surface area contributed by atoms with Crippen molar-refractivity contribution in [2.75, 3.05) is 38.1 Å². The summed E-state index contributed by atoms with van der Waals surface area (Å²) in [5.41, 5.74) is 4.99. The molecule has 224 valence electrons. The van der Waals surface area contributed by atoms with E-state index in [1.54, 1.807) is 28.6 Å². The van der Waals surface area contributed by atoms with E-state index in [0.29, 0.717) is 37.6 Å². The quantitative estimate of drug-likeness (QED) is 0.234. The highest BCUT2D eigenvalue weighted by Gasteiger charge is 2.32. The molecule has 0 radical (unpaired) electrons. The zero-order valence-electron chi connectivity index (χ0n) is 24.9. The summed E-state index contributed by atoms with van der Waals surface area (Å²) in [4.78, 5) is 15.2. The van der Waals surface area contributed by atoms with E-state index in [9.17, 15) is 13.2 Å². The first-order valence-electron chi connectivity index (χ1n) is 14.7. The first-order valence-corrected chi connectivity index (χ1v) is 16.1. The van der Waals surface area contributed by atoms with Gasteiger partial charge < -0.3 is 10.1 Å². The molecule has 0 unspecified atom stereocenters. The van der Waals surface area contributed by atoms with Gasteiger partial charge in [0.05, 0.1) is 10.9 Å². The number of anilines is 1. The summed E-state index contributed by atoms with van der Waals surface area (Å²) in [7, 11) is -3.68. The maximum atomic E-state index is 13.5. The van der Waals surface area contributed by atoms with Crippen molar-refractivity contribution in [2.24, 2.45) is 0 Å². The average molecular weight is 598 g/mol. The van der Waals surface area contributed by atoms with Crippen LogP contribution in [0.3, 0.4) is 0 Å². The fourth-order valence-corrected chi connectivity index (χ4v) is 6.95. The average Bonchev–Trinajstić information content (AvgIpc) is 3.02. The molecule has 1 N–H and O–H groups in total. The molecule has 0 spiro atoms. The zero-order valence-corrected chi connectivity index (χ0v) is 25.8. The summed E-state index contributed by atoms with van der Waals surface area (Å²) >= 11 is 0. The lowest BCUT2D eigenvalue weighted by Gasteiger charge is -2.39. The number of carbonyl (C=O) groups excluding carboxylic acids is 1. The Morgan fingerprint density at radius 3 is 1.95 bits per heavy atom. The van der Waals surface area contributed by atoms with Crippen LogP contribution in [0.4, 0.5) is 5.69 Å². The number of benzene rings is 4. The molecule has 4 aromatic carbocycles. The highest BCUT2D eigenvalue weighted by atomic mass is 32.2. The Bertz CT molecular complexity index is 1580. The first-order chi connectivity index (χ1) is 20.7. The van der Waals surface area contributed by atoms with Gasteiger partial charge in [-0.3, -0.25) is 9.69 Å². The Balaban J connectivity index is 1.20. The van der Waals surface area contributed by atoms with E-state index in [0.717, 1.165) is 11.1 Å². The van der Waals surface area contributed by atoms with Crippen LogP contribution in [0.1, 0.15) is 48.1 Å². The van der Waals surface area contributed by atoms with Crippen molar-refractivity contribution in [2.45, 2.75) is 37.6 Å². The molecule has 0 aliphatic carbocycles. The van der Waals surface area contributed by atoms with E-state index < -0.39 is 10.0 Å². The lowest BCUT2D eigenvalue weighted by atomic mass is 9.96. The van der Waals surface area contributed by atoms with Gasteiger partial charge in [0.25, 0.3) is 5.91 Å². The maximum Gasteiger partial charge on any atom is 0.262 e. The Hall–Kier alpha value is -3.98. The third kappa shape index (κ3) is 7.33. The second kappa shape index (κ2) is 13.5. The van der Waals surface area contributed by atoms with Gasteiger partial charge in [-0.15, -0.1) is 0 Å². The van der Waals surface area contributed by atoms with Crippen molar-refractivity contribution in [1.82, 2.24) is 9.21 Å². The molecule has 8 heteroatoms. The van der Waals surface area contributed by atoms with E-state index in [4.69, 9.17) is 4.74 Å². The Morgan fingerprint density at radius 1 is 0.814 bits per heavy atom. The lowest BCUT2D eigenvalue weighted by Crippen LogP contribution is -2.49. The van der Waals surface area contributed by atoms with Crippen LogP contribution < -0.4 is 10.1 Å². The van der Waals surface area contributed by atoms with E-state index >= 15 is 0 Å². The van der Waals surface area contributed by atoms with Crippen molar-refractivity contribution in [1.29, 1.82) is 0 Å². The topological polar surface area (TPSA) is 78.9 Å². The van der Waals surface area contributed by atoms with Gasteiger partial charge in [-0.05, 0) is 65.4 Å². The third-order valence-electron chi connectivity index (χ3n) is 7.79. The summed E-state index contributed by atoms with van der Waals surface area (Å²) in [5.74, 6) is 0.658. The minimum Gasteiger partial charge on any atom is -0.483 e. The van der Waals surface area contributed by atoms with Gasteiger partial charge in [0.2, 0.25) is 10.0 Å². The van der Waals surface area contributed by atoms with Gasteiger partial charge in [0.15, 0.2) is 6.61 Å². The van der Waals surface area contributed by atoms with Crippen molar-refractivity contribution < 1.29 is 17.9 Å². The number of nitrogens with one attached hydrogen (secondary N) is 1. The summed E-state index contributed by atoms with van der Waals surface area (Å²) in [6, 6.07) is 33.1. The number of carbonyl (C=O) groups is 1. The molecule has 0 bridgehead atoms. The van der Waals surface area contributed by atoms with Gasteiger partial charge in [-0.1, -0.05) is 86.6 Å². The van der Waals surface area contributed by atoms with Crippen molar-refractivity contribution in [3.8, 4) is 5.75 Å². The number of amides is 1. The molecular weight excluding hydrogens is 558 g/mol. The van der Waals surface area contributed by atoms with Crippen LogP contribution in [0.2, 0.25) is 0 Å². The molecule has 0 aromatic heterocycles. The fraction of sp³-hybridized carbons (Fsp3) is 0.286. The van der Waals surface area contributed by atoms with Crippen LogP contribution in [0.5, 0.6) is 5.75 Å². The molecule has 43 heavy (non-hydrogen) atoms. The number of aryl methyl sites for hydroxylation is 1. The monoisotopic (exact) mass is 597 g/mol. The van der Waals surface area contributed by atoms with Crippen LogP contribution in [-0.4, -0.2) is 56.3 Å². The highest BCUT2D eigenvalue weighted by Crippen LogP contribution is 2.31. The van der Waals surface area contributed by atoms with Crippen molar-refractivity contribution in [3.05, 3.63) is 125 Å². The molecule has 1 heterocycles. The molecule has 1 aliphatic heterocycles. The largest absolute Gasteiger partial charge is 0.483 e. The van der Waals surface area contributed by atoms with Crippen LogP contribution in [0.25, 0.3) is 0 Å². The molecule has 0 atom stereocenters. The Labute approximate surface area is 255 Å². The molecule has 4 aromatic rings. The van der Waals surface area contributed by atoms with Gasteiger partial charge in [0.1, 0.15) is 5.75 Å². The molecule has 7 nitrogen and oxygen atoms in total. The van der Waals surface area contributed by atoms with E-state index in [1.807, 2.05) is 61.5 Å². The maximum absolute atomic E-state index is 13.5. The fourth-order valence-electron chi connectivity index (χ4n) is 5.53. The van der Waals surface area contributed by atoms with Crippen molar-refractivity contribution in [3.63, 3.8) is 0 Å². The summed E-state index contributed by atoms with van der Waals surface area (Å²) in [6.45, 7) is 8.03. The summed E-state index contributed by atoms with van der Waals surface area (Å²) < 4.78 is 34.4. The number of hydrogen-bond acceptors (Lipinski definition) is 5. The number of hydrogen-bond donors (Lipinski definition) is 1. The standard InChI is InChI=1S/C35H39N3O4S/c1-26(2)32-19-14-27(3)24-33(32)42-25-34(39)36-30-15-17-31(18-16-30)43(40,41)38-22-20-37(21-23-38)35(28-10-6-4-7-11-28)29-12-8-5-9-13-29/h4-19,24,26,35H,20-23,25H2,1-3H3,(H,36,39). The van der Waals surface area contributed by atoms with E-state index in [-0.39, 0.29) is 29.4 Å². The SMILES string of the molecule is Cc1ccc(C(C)C)c(OCC(=O)Nc2ccc(S(=O)(=O)N3CCN(C(c4ccccc4)c4ccccc4)CC3)cc2)c1. The number of rotatable bonds is 10. The van der Waals surface area contributed by atoms with Gasteiger partial charge >= 0.3 is 0 Å². The van der Waals surface area contributed by atoms with Gasteiger partial charge in [-0.2, -0.15) is 4.31 Å². The summed E-state index contributed by atoms with van der Waals surface area (Å²) in [6.07, 6.45) is 0. The van der Waals surface area contributed by atoms with E-state index in [2.05, 4.69) is 48.3 Å². The van der Waals surface area contributed by atoms with Gasteiger partial charge in [0, 0.05) is 31.9 Å². The molecule has 1 aliphatic rings. The second-order valence-corrected chi connectivity index (χ2v) is 13.2. The van der Waals surface area contributed by atoms with Crippen LogP contribution in [0.15, 0.2) is 108 Å². The minimum absolute atomic E-state index is 0.0574. The van der Waals surface area contributed by atoms with Crippen LogP contribution in [0, 0.1) is 6.92 Å². The Morgan fingerprint density at radius 2 is 1.40 bits per heavy atom. The predicted molar refractivity (Wildman–Crippen MR) is 171 cm³/mol. The Kier molecular flexibility index (Phi) is 9.60. The number of nitrogens with zero attached hydrogens (tertiary/aromatic N) is 2. The lowest BCUT2D eigenvalue weighted by molar-refractivity contribution is -0.118. The first kappa shape index (κ1) is 30.5. The molecule has 0 saturated carbocycles.